The summed E-state index contributed by atoms with van der Waals surface area (Å²) in [6.45, 7) is 2.50. The first-order valence-corrected chi connectivity index (χ1v) is 9.07. The number of carbonyl (C=O) groups is 1. The molecular weight excluding hydrogens is 330 g/mol. The number of hydrogen-bond donors (Lipinski definition) is 2. The number of benzene rings is 2. The van der Waals surface area contributed by atoms with Crippen molar-refractivity contribution in [3.05, 3.63) is 93.2 Å². The van der Waals surface area contributed by atoms with Crippen LogP contribution in [0.4, 0.5) is 0 Å². The summed E-state index contributed by atoms with van der Waals surface area (Å²) in [6, 6.07) is 21.4. The Labute approximate surface area is 152 Å². The molecular formula is C21H21NO2S. The first-order chi connectivity index (χ1) is 12.1. The summed E-state index contributed by atoms with van der Waals surface area (Å²) in [5, 5.41) is 13.4. The van der Waals surface area contributed by atoms with Crippen LogP contribution in [0.3, 0.4) is 0 Å². The van der Waals surface area contributed by atoms with E-state index in [9.17, 15) is 9.90 Å². The van der Waals surface area contributed by atoms with Crippen molar-refractivity contribution < 1.29 is 9.90 Å². The molecule has 3 nitrogen and oxygen atoms in total. The maximum absolute atomic E-state index is 12.1. The molecule has 2 aromatic carbocycles. The molecule has 1 heterocycles. The number of aliphatic hydroxyl groups is 1. The zero-order valence-corrected chi connectivity index (χ0v) is 14.9. The fraction of sp³-hybridized carbons (Fsp3) is 0.190. The molecule has 3 rings (SSSR count). The van der Waals surface area contributed by atoms with Crippen molar-refractivity contribution in [2.45, 2.75) is 26.0 Å². The second-order valence-corrected chi connectivity index (χ2v) is 7.26. The summed E-state index contributed by atoms with van der Waals surface area (Å²) >= 11 is 1.52. The van der Waals surface area contributed by atoms with Crippen LogP contribution in [0.2, 0.25) is 0 Å². The summed E-state index contributed by atoms with van der Waals surface area (Å²) < 4.78 is 0. The monoisotopic (exact) mass is 351 g/mol. The molecule has 0 saturated carbocycles. The average molecular weight is 351 g/mol. The third-order valence-electron chi connectivity index (χ3n) is 3.97. The minimum atomic E-state index is -0.622. The topological polar surface area (TPSA) is 49.3 Å². The van der Waals surface area contributed by atoms with Gasteiger partial charge in [0, 0.05) is 9.75 Å². The van der Waals surface area contributed by atoms with Crippen molar-refractivity contribution in [3.63, 3.8) is 0 Å². The van der Waals surface area contributed by atoms with Crippen LogP contribution in [0, 0.1) is 6.92 Å². The Balaban J connectivity index is 1.56. The molecule has 0 radical (unpaired) electrons. The quantitative estimate of drug-likeness (QED) is 0.705. The lowest BCUT2D eigenvalue weighted by Crippen LogP contribution is -2.24. The Bertz CT molecular complexity index is 842. The number of thiophene rings is 1. The highest BCUT2D eigenvalue weighted by molar-refractivity contribution is 7.12. The van der Waals surface area contributed by atoms with Crippen LogP contribution in [0.25, 0.3) is 0 Å². The van der Waals surface area contributed by atoms with E-state index < -0.39 is 6.10 Å². The van der Waals surface area contributed by atoms with Gasteiger partial charge in [-0.2, -0.15) is 0 Å². The molecule has 0 saturated heterocycles. The number of hydrogen-bond acceptors (Lipinski definition) is 3. The van der Waals surface area contributed by atoms with Gasteiger partial charge in [-0.15, -0.1) is 11.3 Å². The molecule has 0 spiro atoms. The summed E-state index contributed by atoms with van der Waals surface area (Å²) in [5.41, 5.74) is 3.05. The molecule has 1 unspecified atom stereocenters. The van der Waals surface area contributed by atoms with E-state index in [-0.39, 0.29) is 5.91 Å². The van der Waals surface area contributed by atoms with Gasteiger partial charge in [0.1, 0.15) is 6.10 Å². The lowest BCUT2D eigenvalue weighted by Gasteiger charge is -2.08. The summed E-state index contributed by atoms with van der Waals surface area (Å²) in [4.78, 5) is 14.0. The van der Waals surface area contributed by atoms with Gasteiger partial charge in [-0.3, -0.25) is 4.79 Å². The number of rotatable bonds is 6. The largest absolute Gasteiger partial charge is 0.383 e. The van der Waals surface area contributed by atoms with Gasteiger partial charge in [0.25, 0.3) is 0 Å². The number of aryl methyl sites for hydroxylation is 1. The van der Waals surface area contributed by atoms with Crippen LogP contribution in [0.15, 0.2) is 66.7 Å². The van der Waals surface area contributed by atoms with Crippen LogP contribution in [-0.4, -0.2) is 11.0 Å². The lowest BCUT2D eigenvalue weighted by atomic mass is 10.1. The molecule has 128 valence electrons. The second-order valence-electron chi connectivity index (χ2n) is 6.06. The fourth-order valence-electron chi connectivity index (χ4n) is 2.69. The molecule has 0 aliphatic heterocycles. The van der Waals surface area contributed by atoms with Crippen molar-refractivity contribution >= 4 is 17.2 Å². The zero-order chi connectivity index (χ0) is 17.6. The van der Waals surface area contributed by atoms with Crippen molar-refractivity contribution in [1.82, 2.24) is 5.32 Å². The lowest BCUT2D eigenvalue weighted by molar-refractivity contribution is -0.120. The van der Waals surface area contributed by atoms with Crippen LogP contribution in [0.1, 0.15) is 32.5 Å². The van der Waals surface area contributed by atoms with Gasteiger partial charge in [-0.1, -0.05) is 60.2 Å². The van der Waals surface area contributed by atoms with E-state index >= 15 is 0 Å². The number of nitrogens with one attached hydrogen (secondary N) is 1. The van der Waals surface area contributed by atoms with Gasteiger partial charge in [0.05, 0.1) is 13.0 Å². The first kappa shape index (κ1) is 17.4. The molecule has 1 aromatic heterocycles. The van der Waals surface area contributed by atoms with Gasteiger partial charge in [0.2, 0.25) is 5.91 Å². The minimum absolute atomic E-state index is 0.00385. The van der Waals surface area contributed by atoms with Crippen LogP contribution < -0.4 is 5.32 Å². The summed E-state index contributed by atoms with van der Waals surface area (Å²) in [6.07, 6.45) is -0.241. The third kappa shape index (κ3) is 4.78. The Morgan fingerprint density at radius 3 is 2.64 bits per heavy atom. The van der Waals surface area contributed by atoms with Gasteiger partial charge >= 0.3 is 0 Å². The van der Waals surface area contributed by atoms with Gasteiger partial charge in [-0.05, 0) is 30.2 Å². The van der Waals surface area contributed by atoms with Crippen molar-refractivity contribution in [2.75, 3.05) is 0 Å². The maximum Gasteiger partial charge on any atom is 0.224 e. The normalized spacial score (nSPS) is 11.9. The van der Waals surface area contributed by atoms with Gasteiger partial charge < -0.3 is 10.4 Å². The van der Waals surface area contributed by atoms with Gasteiger partial charge in [-0.25, -0.2) is 0 Å². The fourth-order valence-corrected chi connectivity index (χ4v) is 3.66. The number of carbonyl (C=O) groups excluding carboxylic acids is 1. The Hall–Kier alpha value is -2.43. The highest BCUT2D eigenvalue weighted by atomic mass is 32.1. The Morgan fingerprint density at radius 1 is 1.08 bits per heavy atom. The molecule has 0 bridgehead atoms. The number of aliphatic hydroxyl groups excluding tert-OH is 1. The van der Waals surface area contributed by atoms with Crippen molar-refractivity contribution in [3.8, 4) is 0 Å². The van der Waals surface area contributed by atoms with E-state index in [4.69, 9.17) is 0 Å². The molecule has 0 fully saturated rings. The zero-order valence-electron chi connectivity index (χ0n) is 14.1. The van der Waals surface area contributed by atoms with E-state index in [1.54, 1.807) is 0 Å². The molecule has 25 heavy (non-hydrogen) atoms. The SMILES string of the molecule is Cc1cccc(CC(=O)NCc2ccc(C(O)c3ccccc3)s2)c1. The molecule has 1 amide bonds. The minimum Gasteiger partial charge on any atom is -0.383 e. The maximum atomic E-state index is 12.1. The summed E-state index contributed by atoms with van der Waals surface area (Å²) in [5.74, 6) is 0.00385. The predicted octanol–water partition coefficient (Wildman–Crippen LogP) is 4.00. The average Bonchev–Trinajstić information content (AvgIpc) is 3.09. The highest BCUT2D eigenvalue weighted by Gasteiger charge is 2.13. The molecule has 1 atom stereocenters. The first-order valence-electron chi connectivity index (χ1n) is 8.25. The predicted molar refractivity (Wildman–Crippen MR) is 102 cm³/mol. The third-order valence-corrected chi connectivity index (χ3v) is 5.11. The molecule has 2 N–H and O–H groups in total. The van der Waals surface area contributed by atoms with Crippen molar-refractivity contribution in [1.29, 1.82) is 0 Å². The van der Waals surface area contributed by atoms with Gasteiger partial charge in [0.15, 0.2) is 0 Å². The van der Waals surface area contributed by atoms with E-state index in [1.165, 1.54) is 11.3 Å². The van der Waals surface area contributed by atoms with E-state index in [2.05, 4.69) is 5.32 Å². The van der Waals surface area contributed by atoms with Crippen LogP contribution in [0.5, 0.6) is 0 Å². The van der Waals surface area contributed by atoms with E-state index in [1.807, 2.05) is 73.7 Å². The van der Waals surface area contributed by atoms with Crippen LogP contribution >= 0.6 is 11.3 Å². The smallest absolute Gasteiger partial charge is 0.224 e. The molecule has 0 aliphatic carbocycles. The molecule has 0 aliphatic rings. The highest BCUT2D eigenvalue weighted by Crippen LogP contribution is 2.28. The van der Waals surface area contributed by atoms with E-state index in [0.717, 1.165) is 26.4 Å². The van der Waals surface area contributed by atoms with Crippen molar-refractivity contribution in [2.24, 2.45) is 0 Å². The molecule has 3 aromatic rings. The Kier molecular flexibility index (Phi) is 5.64. The number of amides is 1. The summed E-state index contributed by atoms with van der Waals surface area (Å²) in [7, 11) is 0. The molecule has 4 heteroatoms. The standard InChI is InChI=1S/C21H21NO2S/c1-15-6-5-7-16(12-15)13-20(23)22-14-18-10-11-19(25-18)21(24)17-8-3-2-4-9-17/h2-12,21,24H,13-14H2,1H3,(H,22,23). The van der Waals surface area contributed by atoms with E-state index in [0.29, 0.717) is 13.0 Å². The Morgan fingerprint density at radius 2 is 1.88 bits per heavy atom. The second kappa shape index (κ2) is 8.10. The van der Waals surface area contributed by atoms with Crippen LogP contribution in [-0.2, 0) is 17.8 Å².